The van der Waals surface area contributed by atoms with Crippen LogP contribution in [0.5, 0.6) is 0 Å². The van der Waals surface area contributed by atoms with Gasteiger partial charge in [-0.3, -0.25) is 14.5 Å². The van der Waals surface area contributed by atoms with E-state index in [1.54, 1.807) is 20.8 Å². The lowest BCUT2D eigenvalue weighted by Crippen LogP contribution is -2.57. The Morgan fingerprint density at radius 2 is 1.54 bits per heavy atom. The number of hydrogen-bond donors (Lipinski definition) is 2. The molecule has 1 fully saturated rings. The van der Waals surface area contributed by atoms with Gasteiger partial charge in [0.15, 0.2) is 0 Å². The van der Waals surface area contributed by atoms with Gasteiger partial charge in [0.2, 0.25) is 11.8 Å². The molecule has 11 nitrogen and oxygen atoms in total. The standard InChI is InChI=1S/C26H50N4O7/c1-20-9-8-11-30(20)23(32)22(25(2,3)4)28-21(31)19-29(24(33)37-26(5,6)7)12-14-35-16-18-36-17-15-34-13-10-27/h20,22H,8-19,27H2,1-7H3,(H,28,31). The van der Waals surface area contributed by atoms with Gasteiger partial charge in [0.1, 0.15) is 18.2 Å². The van der Waals surface area contributed by atoms with Crippen LogP contribution < -0.4 is 11.1 Å². The number of nitrogens with one attached hydrogen (secondary N) is 1. The van der Waals surface area contributed by atoms with E-state index in [9.17, 15) is 14.4 Å². The quantitative estimate of drug-likeness (QED) is 0.306. The monoisotopic (exact) mass is 530 g/mol. The largest absolute Gasteiger partial charge is 0.444 e. The van der Waals surface area contributed by atoms with Gasteiger partial charge < -0.3 is 34.9 Å². The normalized spacial score (nSPS) is 17.0. The second-order valence-corrected chi connectivity index (χ2v) is 11.4. The zero-order valence-corrected chi connectivity index (χ0v) is 24.0. The minimum Gasteiger partial charge on any atom is -0.444 e. The van der Waals surface area contributed by atoms with Gasteiger partial charge in [0, 0.05) is 25.7 Å². The topological polar surface area (TPSA) is 133 Å². The lowest BCUT2D eigenvalue weighted by molar-refractivity contribution is -0.140. The minimum absolute atomic E-state index is 0.0913. The summed E-state index contributed by atoms with van der Waals surface area (Å²) in [5.74, 6) is -0.516. The van der Waals surface area contributed by atoms with E-state index in [1.807, 2.05) is 32.6 Å². The fraction of sp³-hybridized carbons (Fsp3) is 0.885. The first-order chi connectivity index (χ1) is 17.3. The van der Waals surface area contributed by atoms with Gasteiger partial charge >= 0.3 is 6.09 Å². The van der Waals surface area contributed by atoms with Crippen LogP contribution in [0.15, 0.2) is 0 Å². The highest BCUT2D eigenvalue weighted by molar-refractivity contribution is 5.90. The molecule has 2 unspecified atom stereocenters. The predicted molar refractivity (Wildman–Crippen MR) is 141 cm³/mol. The van der Waals surface area contributed by atoms with Crippen LogP contribution in [0, 0.1) is 5.41 Å². The van der Waals surface area contributed by atoms with Crippen molar-refractivity contribution in [2.24, 2.45) is 11.1 Å². The van der Waals surface area contributed by atoms with Crippen LogP contribution in [0.2, 0.25) is 0 Å². The molecule has 1 aliphatic rings. The molecule has 2 atom stereocenters. The van der Waals surface area contributed by atoms with Crippen LogP contribution in [0.3, 0.4) is 0 Å². The molecular weight excluding hydrogens is 480 g/mol. The number of rotatable bonds is 15. The maximum absolute atomic E-state index is 13.3. The molecule has 3 amide bonds. The predicted octanol–water partition coefficient (Wildman–Crippen LogP) is 1.77. The van der Waals surface area contributed by atoms with Gasteiger partial charge in [-0.25, -0.2) is 4.79 Å². The molecule has 11 heteroatoms. The summed E-state index contributed by atoms with van der Waals surface area (Å²) in [6.45, 7) is 16.5. The van der Waals surface area contributed by atoms with Crippen LogP contribution in [0.25, 0.3) is 0 Å². The average Bonchev–Trinajstić information content (AvgIpc) is 3.21. The van der Waals surface area contributed by atoms with Crippen LogP contribution in [-0.2, 0) is 28.5 Å². The SMILES string of the molecule is CC1CCCN1C(=O)C(NC(=O)CN(CCOCCOCCOCCN)C(=O)OC(C)(C)C)C(C)(C)C. The third-order valence-corrected chi connectivity index (χ3v) is 5.75. The number of likely N-dealkylation sites (tertiary alicyclic amines) is 1. The number of carbonyl (C=O) groups is 3. The van der Waals surface area contributed by atoms with E-state index >= 15 is 0 Å². The lowest BCUT2D eigenvalue weighted by atomic mass is 9.85. The van der Waals surface area contributed by atoms with E-state index in [1.165, 1.54) is 4.90 Å². The Kier molecular flexibility index (Phi) is 14.4. The molecule has 1 rings (SSSR count). The highest BCUT2D eigenvalue weighted by atomic mass is 16.6. The third kappa shape index (κ3) is 13.4. The van der Waals surface area contributed by atoms with Crippen LogP contribution >= 0.6 is 0 Å². The molecule has 0 aromatic rings. The van der Waals surface area contributed by atoms with E-state index in [-0.39, 0.29) is 31.6 Å². The van der Waals surface area contributed by atoms with Gasteiger partial charge in [-0.2, -0.15) is 0 Å². The molecule has 37 heavy (non-hydrogen) atoms. The summed E-state index contributed by atoms with van der Waals surface area (Å²) in [5.41, 5.74) is 4.14. The van der Waals surface area contributed by atoms with Crippen molar-refractivity contribution in [1.29, 1.82) is 0 Å². The fourth-order valence-electron chi connectivity index (χ4n) is 3.82. The summed E-state index contributed by atoms with van der Waals surface area (Å²) in [4.78, 5) is 42.3. The highest BCUT2D eigenvalue weighted by Crippen LogP contribution is 2.25. The molecule has 0 aromatic heterocycles. The molecule has 1 aliphatic heterocycles. The zero-order chi connectivity index (χ0) is 28.1. The van der Waals surface area contributed by atoms with Gasteiger partial charge in [0.25, 0.3) is 0 Å². The van der Waals surface area contributed by atoms with Crippen molar-refractivity contribution in [3.8, 4) is 0 Å². The number of hydrogen-bond acceptors (Lipinski definition) is 8. The Bertz CT molecular complexity index is 706. The Hall–Kier alpha value is -1.95. The molecule has 0 aromatic carbocycles. The van der Waals surface area contributed by atoms with Gasteiger partial charge in [-0.05, 0) is 46.0 Å². The Balaban J connectivity index is 2.67. The average molecular weight is 531 g/mol. The number of nitrogens with two attached hydrogens (primary N) is 1. The molecule has 0 saturated carbocycles. The summed E-state index contributed by atoms with van der Waals surface area (Å²) >= 11 is 0. The second kappa shape index (κ2) is 16.1. The van der Waals surface area contributed by atoms with Crippen molar-refractivity contribution in [2.45, 2.75) is 79.0 Å². The molecule has 216 valence electrons. The third-order valence-electron chi connectivity index (χ3n) is 5.75. The van der Waals surface area contributed by atoms with Crippen molar-refractivity contribution < 1.29 is 33.3 Å². The molecule has 1 heterocycles. The number of ether oxygens (including phenoxy) is 4. The molecule has 0 bridgehead atoms. The second-order valence-electron chi connectivity index (χ2n) is 11.4. The minimum atomic E-state index is -0.720. The van der Waals surface area contributed by atoms with Gasteiger partial charge in [-0.15, -0.1) is 0 Å². The summed E-state index contributed by atoms with van der Waals surface area (Å²) in [6, 6.07) is -0.560. The van der Waals surface area contributed by atoms with Crippen molar-refractivity contribution in [2.75, 3.05) is 65.8 Å². The molecular formula is C26H50N4O7. The first-order valence-electron chi connectivity index (χ1n) is 13.3. The fourth-order valence-corrected chi connectivity index (χ4v) is 3.82. The number of nitrogens with zero attached hydrogens (tertiary/aromatic N) is 2. The number of carbonyl (C=O) groups excluding carboxylic acids is 3. The lowest BCUT2D eigenvalue weighted by Gasteiger charge is -2.35. The highest BCUT2D eigenvalue weighted by Gasteiger charge is 2.38. The van der Waals surface area contributed by atoms with Crippen molar-refractivity contribution in [3.63, 3.8) is 0 Å². The maximum Gasteiger partial charge on any atom is 0.410 e. The van der Waals surface area contributed by atoms with E-state index in [0.29, 0.717) is 46.1 Å². The summed E-state index contributed by atoms with van der Waals surface area (Å²) in [7, 11) is 0. The Morgan fingerprint density at radius 1 is 0.973 bits per heavy atom. The van der Waals surface area contributed by atoms with Crippen LogP contribution in [0.4, 0.5) is 4.79 Å². The maximum atomic E-state index is 13.3. The van der Waals surface area contributed by atoms with Crippen molar-refractivity contribution in [1.82, 2.24) is 15.1 Å². The Labute approximate surface area is 222 Å². The van der Waals surface area contributed by atoms with Gasteiger partial charge in [0.05, 0.1) is 39.6 Å². The Morgan fingerprint density at radius 3 is 2.03 bits per heavy atom. The summed E-state index contributed by atoms with van der Waals surface area (Å²) < 4.78 is 21.7. The molecule has 0 spiro atoms. The van der Waals surface area contributed by atoms with E-state index in [4.69, 9.17) is 24.7 Å². The van der Waals surface area contributed by atoms with Crippen molar-refractivity contribution >= 4 is 17.9 Å². The zero-order valence-electron chi connectivity index (χ0n) is 24.0. The van der Waals surface area contributed by atoms with Crippen LogP contribution in [-0.4, -0.2) is 111 Å². The first kappa shape index (κ1) is 33.1. The van der Waals surface area contributed by atoms with E-state index in [0.717, 1.165) is 12.8 Å². The first-order valence-corrected chi connectivity index (χ1v) is 13.3. The van der Waals surface area contributed by atoms with E-state index < -0.39 is 29.1 Å². The smallest absolute Gasteiger partial charge is 0.410 e. The van der Waals surface area contributed by atoms with Crippen molar-refractivity contribution in [3.05, 3.63) is 0 Å². The van der Waals surface area contributed by atoms with Gasteiger partial charge in [-0.1, -0.05) is 20.8 Å². The summed E-state index contributed by atoms with van der Waals surface area (Å²) in [5, 5.41) is 2.88. The molecule has 0 aliphatic carbocycles. The molecule has 3 N–H and O–H groups in total. The summed E-state index contributed by atoms with van der Waals surface area (Å²) in [6.07, 6.45) is 1.29. The van der Waals surface area contributed by atoms with Crippen LogP contribution in [0.1, 0.15) is 61.3 Å². The molecule has 0 radical (unpaired) electrons. The molecule has 1 saturated heterocycles. The number of amides is 3. The van der Waals surface area contributed by atoms with E-state index in [2.05, 4.69) is 5.32 Å².